The number of carbonyl (C=O) groups is 4. The Bertz CT molecular complexity index is 1400. The van der Waals surface area contributed by atoms with Crippen LogP contribution in [0.25, 0.3) is 17.4 Å². The van der Waals surface area contributed by atoms with Gasteiger partial charge in [0.2, 0.25) is 5.91 Å². The number of hydrogen-bond acceptors (Lipinski definition) is 6. The van der Waals surface area contributed by atoms with Crippen molar-refractivity contribution in [3.8, 4) is 11.3 Å². The largest absolute Gasteiger partial charge is 0.478 e. The smallest absolute Gasteiger partial charge is 0.335 e. The van der Waals surface area contributed by atoms with E-state index in [1.54, 1.807) is 24.3 Å². The Hall–Kier alpha value is -4.11. The van der Waals surface area contributed by atoms with E-state index >= 15 is 0 Å². The van der Waals surface area contributed by atoms with Crippen LogP contribution < -0.4 is 5.32 Å². The van der Waals surface area contributed by atoms with Gasteiger partial charge in [-0.2, -0.15) is 0 Å². The van der Waals surface area contributed by atoms with E-state index in [0.29, 0.717) is 22.8 Å². The van der Waals surface area contributed by atoms with E-state index in [9.17, 15) is 24.3 Å². The highest BCUT2D eigenvalue weighted by Crippen LogP contribution is 2.34. The number of amides is 3. The first-order valence-corrected chi connectivity index (χ1v) is 11.5. The molecule has 0 bridgehead atoms. The molecule has 1 aromatic heterocycles. The van der Waals surface area contributed by atoms with Crippen LogP contribution >= 0.6 is 11.8 Å². The number of aryl methyl sites for hydroxylation is 3. The van der Waals surface area contributed by atoms with E-state index in [1.807, 2.05) is 32.9 Å². The molecule has 1 aliphatic rings. The van der Waals surface area contributed by atoms with Gasteiger partial charge < -0.3 is 14.8 Å². The van der Waals surface area contributed by atoms with Crippen LogP contribution in [0.15, 0.2) is 57.9 Å². The molecule has 1 aliphatic heterocycles. The molecule has 35 heavy (non-hydrogen) atoms. The Morgan fingerprint density at radius 3 is 2.46 bits per heavy atom. The summed E-state index contributed by atoms with van der Waals surface area (Å²) in [6.45, 7) is 5.32. The summed E-state index contributed by atoms with van der Waals surface area (Å²) < 4.78 is 5.80. The summed E-state index contributed by atoms with van der Waals surface area (Å²) in [6.07, 6.45) is 1.44. The van der Waals surface area contributed by atoms with Crippen LogP contribution in [0.1, 0.15) is 32.8 Å². The number of thioether (sulfide) groups is 1. The van der Waals surface area contributed by atoms with Crippen LogP contribution in [0.3, 0.4) is 0 Å². The Labute approximate surface area is 205 Å². The van der Waals surface area contributed by atoms with Gasteiger partial charge in [-0.1, -0.05) is 12.1 Å². The number of imide groups is 1. The second-order valence-corrected chi connectivity index (χ2v) is 9.15. The second-order valence-electron chi connectivity index (χ2n) is 8.15. The van der Waals surface area contributed by atoms with E-state index in [-0.39, 0.29) is 10.5 Å². The van der Waals surface area contributed by atoms with E-state index in [2.05, 4.69) is 5.32 Å². The number of carboxylic acids is 1. The summed E-state index contributed by atoms with van der Waals surface area (Å²) in [5.41, 5.74) is 4.26. The molecule has 0 radical (unpaired) electrons. The number of carboxylic acid groups (broad SMARTS) is 1. The lowest BCUT2D eigenvalue weighted by Gasteiger charge is -2.13. The Morgan fingerprint density at radius 1 is 1.00 bits per heavy atom. The number of aromatic carboxylic acids is 1. The summed E-state index contributed by atoms with van der Waals surface area (Å²) >= 11 is 0.725. The van der Waals surface area contributed by atoms with Crippen LogP contribution in [0, 0.1) is 20.8 Å². The van der Waals surface area contributed by atoms with Crippen LogP contribution in [0.5, 0.6) is 0 Å². The Balaban J connectivity index is 1.48. The van der Waals surface area contributed by atoms with Crippen molar-refractivity contribution in [2.45, 2.75) is 20.8 Å². The first-order valence-electron chi connectivity index (χ1n) is 10.7. The summed E-state index contributed by atoms with van der Waals surface area (Å²) in [4.78, 5) is 49.9. The monoisotopic (exact) mass is 490 g/mol. The maximum atomic E-state index is 12.8. The number of benzene rings is 2. The molecule has 4 rings (SSSR count). The molecule has 2 heterocycles. The van der Waals surface area contributed by atoms with Crippen molar-refractivity contribution in [2.75, 3.05) is 11.9 Å². The van der Waals surface area contributed by atoms with Crippen molar-refractivity contribution in [3.05, 3.63) is 81.5 Å². The molecule has 3 amide bonds. The van der Waals surface area contributed by atoms with E-state index in [0.717, 1.165) is 33.4 Å². The van der Waals surface area contributed by atoms with Gasteiger partial charge in [0, 0.05) is 17.3 Å². The van der Waals surface area contributed by atoms with Gasteiger partial charge in [-0.25, -0.2) is 4.79 Å². The zero-order valence-corrected chi connectivity index (χ0v) is 20.1. The fourth-order valence-electron chi connectivity index (χ4n) is 3.52. The zero-order valence-electron chi connectivity index (χ0n) is 19.2. The Kier molecular flexibility index (Phi) is 6.61. The molecule has 0 spiro atoms. The van der Waals surface area contributed by atoms with Crippen LogP contribution in [0.2, 0.25) is 0 Å². The molecule has 1 fully saturated rings. The number of hydrogen-bond donors (Lipinski definition) is 2. The van der Waals surface area contributed by atoms with Gasteiger partial charge in [-0.05, 0) is 85.6 Å². The van der Waals surface area contributed by atoms with Crippen molar-refractivity contribution >= 4 is 46.5 Å². The number of furan rings is 1. The van der Waals surface area contributed by atoms with Crippen LogP contribution in [0.4, 0.5) is 10.5 Å². The first kappa shape index (κ1) is 24.0. The summed E-state index contributed by atoms with van der Waals surface area (Å²) in [7, 11) is 0. The maximum Gasteiger partial charge on any atom is 0.335 e. The SMILES string of the molecule is Cc1ccc(NC(=O)CN2C(=O)S/C(=C\c3ccc(-c4cc(C(=O)O)ccc4C)o3)C2=O)cc1C. The van der Waals surface area contributed by atoms with Crippen molar-refractivity contribution in [2.24, 2.45) is 0 Å². The van der Waals surface area contributed by atoms with Gasteiger partial charge in [0.1, 0.15) is 18.1 Å². The number of nitrogens with zero attached hydrogens (tertiary/aromatic N) is 1. The normalized spacial score (nSPS) is 14.6. The van der Waals surface area contributed by atoms with E-state index < -0.39 is 29.6 Å². The molecule has 0 unspecified atom stereocenters. The third kappa shape index (κ3) is 5.20. The lowest BCUT2D eigenvalue weighted by atomic mass is 10.0. The van der Waals surface area contributed by atoms with Gasteiger partial charge in [-0.3, -0.25) is 19.3 Å². The highest BCUT2D eigenvalue weighted by molar-refractivity contribution is 8.18. The predicted molar refractivity (Wildman–Crippen MR) is 133 cm³/mol. The van der Waals surface area contributed by atoms with Crippen LogP contribution in [-0.2, 0) is 9.59 Å². The van der Waals surface area contributed by atoms with Crippen molar-refractivity contribution in [1.82, 2.24) is 4.90 Å². The average Bonchev–Trinajstić information content (AvgIpc) is 3.36. The molecular weight excluding hydrogens is 468 g/mol. The van der Waals surface area contributed by atoms with Crippen molar-refractivity contribution in [3.63, 3.8) is 0 Å². The topological polar surface area (TPSA) is 117 Å². The molecule has 2 N–H and O–H groups in total. The molecule has 178 valence electrons. The molecule has 1 saturated heterocycles. The molecule has 9 heteroatoms. The maximum absolute atomic E-state index is 12.8. The number of nitrogens with one attached hydrogen (secondary N) is 1. The fourth-order valence-corrected chi connectivity index (χ4v) is 4.34. The standard InChI is InChI=1S/C26H22N2O6S/c1-14-5-7-18(10-16(14)3)27-23(29)13-28-24(30)22(35-26(28)33)12-19-8-9-21(34-19)20-11-17(25(31)32)6-4-15(20)2/h4-12H,13H2,1-3H3,(H,27,29)(H,31,32)/b22-12-. The lowest BCUT2D eigenvalue weighted by molar-refractivity contribution is -0.127. The van der Waals surface area contributed by atoms with Gasteiger partial charge >= 0.3 is 5.97 Å². The minimum atomic E-state index is -1.05. The highest BCUT2D eigenvalue weighted by Gasteiger charge is 2.36. The van der Waals surface area contributed by atoms with E-state index in [4.69, 9.17) is 4.42 Å². The summed E-state index contributed by atoms with van der Waals surface area (Å²) in [5, 5.41) is 11.4. The molecule has 3 aromatic rings. The average molecular weight is 491 g/mol. The van der Waals surface area contributed by atoms with E-state index in [1.165, 1.54) is 18.2 Å². The highest BCUT2D eigenvalue weighted by atomic mass is 32.2. The molecule has 2 aromatic carbocycles. The second kappa shape index (κ2) is 9.63. The van der Waals surface area contributed by atoms with Gasteiger partial charge in [-0.15, -0.1) is 0 Å². The number of carbonyl (C=O) groups excluding carboxylic acids is 3. The summed E-state index contributed by atoms with van der Waals surface area (Å²) in [5.74, 6) is -1.36. The quantitative estimate of drug-likeness (QED) is 0.454. The third-order valence-corrected chi connectivity index (χ3v) is 6.52. The van der Waals surface area contributed by atoms with Crippen molar-refractivity contribution < 1.29 is 28.7 Å². The van der Waals surface area contributed by atoms with Gasteiger partial charge in [0.25, 0.3) is 11.1 Å². The third-order valence-electron chi connectivity index (χ3n) is 5.62. The molecular formula is C26H22N2O6S. The molecule has 8 nitrogen and oxygen atoms in total. The zero-order chi connectivity index (χ0) is 25.3. The van der Waals surface area contributed by atoms with Gasteiger partial charge in [0.15, 0.2) is 0 Å². The molecule has 0 atom stereocenters. The fraction of sp³-hybridized carbons (Fsp3) is 0.154. The minimum Gasteiger partial charge on any atom is -0.478 e. The molecule has 0 aliphatic carbocycles. The number of rotatable bonds is 6. The van der Waals surface area contributed by atoms with Crippen LogP contribution in [-0.4, -0.2) is 39.6 Å². The van der Waals surface area contributed by atoms with Crippen molar-refractivity contribution in [1.29, 1.82) is 0 Å². The first-order chi connectivity index (χ1) is 16.6. The molecule has 0 saturated carbocycles. The predicted octanol–water partition coefficient (Wildman–Crippen LogP) is 5.25. The summed E-state index contributed by atoms with van der Waals surface area (Å²) in [6, 6.07) is 13.5. The lowest BCUT2D eigenvalue weighted by Crippen LogP contribution is -2.36. The minimum absolute atomic E-state index is 0.128. The number of anilines is 1. The Morgan fingerprint density at radius 2 is 1.74 bits per heavy atom. The van der Waals surface area contributed by atoms with Gasteiger partial charge in [0.05, 0.1) is 10.5 Å².